The summed E-state index contributed by atoms with van der Waals surface area (Å²) in [5, 5.41) is 6.18. The second kappa shape index (κ2) is 5.64. The molecule has 0 spiro atoms. The average Bonchev–Trinajstić information content (AvgIpc) is 2.34. The number of rotatable bonds is 5. The number of carbonyl (C=O) groups is 1. The number of amides is 1. The van der Waals surface area contributed by atoms with Crippen LogP contribution in [0.3, 0.4) is 0 Å². The number of nitrogens with one attached hydrogen (secondary N) is 2. The van der Waals surface area contributed by atoms with E-state index in [2.05, 4.69) is 41.4 Å². The molecule has 0 aliphatic rings. The molecule has 0 aliphatic heterocycles. The quantitative estimate of drug-likeness (QED) is 0.763. The van der Waals surface area contributed by atoms with E-state index in [1.807, 2.05) is 13.1 Å². The van der Waals surface area contributed by atoms with Gasteiger partial charge in [0.2, 0.25) is 5.91 Å². The first kappa shape index (κ1) is 16.2. The molecule has 0 bridgehead atoms. The van der Waals surface area contributed by atoms with E-state index in [-0.39, 0.29) is 11.3 Å². The fraction of sp³-hybridized carbons (Fsp3) is 0.643. The van der Waals surface area contributed by atoms with Crippen molar-refractivity contribution in [2.24, 2.45) is 11.1 Å². The van der Waals surface area contributed by atoms with Crippen LogP contribution in [-0.4, -0.2) is 29.5 Å². The number of nitrogens with zero attached hydrogens (tertiary/aromatic N) is 2. The zero-order valence-electron chi connectivity index (χ0n) is 13.2. The molecule has 6 heteroatoms. The Labute approximate surface area is 120 Å². The summed E-state index contributed by atoms with van der Waals surface area (Å²) in [4.78, 5) is 20.3. The highest BCUT2D eigenvalue weighted by molar-refractivity contribution is 5.80. The lowest BCUT2D eigenvalue weighted by molar-refractivity contribution is -0.125. The summed E-state index contributed by atoms with van der Waals surface area (Å²) in [6.45, 7) is 10.2. The smallest absolute Gasteiger partial charge is 0.224 e. The van der Waals surface area contributed by atoms with E-state index >= 15 is 0 Å². The van der Waals surface area contributed by atoms with E-state index in [0.717, 1.165) is 11.6 Å². The Bertz CT molecular complexity index is 491. The summed E-state index contributed by atoms with van der Waals surface area (Å²) in [6, 6.07) is 1.81. The van der Waals surface area contributed by atoms with Crippen molar-refractivity contribution in [3.63, 3.8) is 0 Å². The summed E-state index contributed by atoms with van der Waals surface area (Å²) >= 11 is 0. The van der Waals surface area contributed by atoms with E-state index in [4.69, 9.17) is 5.73 Å². The summed E-state index contributed by atoms with van der Waals surface area (Å²) in [6.07, 6.45) is 0. The Morgan fingerprint density at radius 3 is 2.20 bits per heavy atom. The minimum Gasteiger partial charge on any atom is -0.373 e. The van der Waals surface area contributed by atoms with Crippen LogP contribution >= 0.6 is 0 Å². The standard InChI is InChI=1S/C14H25N5O/c1-13(2,3)12-18-9(16-6)7-10(19-12)17-8-14(4,5)11(15)20/h7H,8H2,1-6H3,(H2,15,20)(H2,16,17,18,19). The number of hydrogen-bond acceptors (Lipinski definition) is 5. The van der Waals surface area contributed by atoms with Crippen molar-refractivity contribution >= 4 is 17.5 Å². The van der Waals surface area contributed by atoms with Crippen molar-refractivity contribution in [1.29, 1.82) is 0 Å². The lowest BCUT2D eigenvalue weighted by Crippen LogP contribution is -2.37. The molecule has 0 aromatic carbocycles. The van der Waals surface area contributed by atoms with Gasteiger partial charge in [0, 0.05) is 25.1 Å². The monoisotopic (exact) mass is 279 g/mol. The molecule has 4 N–H and O–H groups in total. The summed E-state index contributed by atoms with van der Waals surface area (Å²) < 4.78 is 0. The number of aromatic nitrogens is 2. The van der Waals surface area contributed by atoms with Crippen LogP contribution in [-0.2, 0) is 10.2 Å². The predicted molar refractivity (Wildman–Crippen MR) is 81.7 cm³/mol. The maximum atomic E-state index is 11.3. The maximum absolute atomic E-state index is 11.3. The number of primary amides is 1. The van der Waals surface area contributed by atoms with Gasteiger partial charge in [-0.05, 0) is 13.8 Å². The van der Waals surface area contributed by atoms with Gasteiger partial charge < -0.3 is 16.4 Å². The molecule has 0 atom stereocenters. The Morgan fingerprint density at radius 1 is 1.20 bits per heavy atom. The Hall–Kier alpha value is -1.85. The predicted octanol–water partition coefficient (Wildman–Crippen LogP) is 1.74. The van der Waals surface area contributed by atoms with Crippen molar-refractivity contribution in [2.75, 3.05) is 24.2 Å². The van der Waals surface area contributed by atoms with Crippen molar-refractivity contribution in [3.05, 3.63) is 11.9 Å². The van der Waals surface area contributed by atoms with Gasteiger partial charge in [-0.15, -0.1) is 0 Å². The lowest BCUT2D eigenvalue weighted by atomic mass is 9.93. The number of anilines is 2. The Morgan fingerprint density at radius 2 is 1.75 bits per heavy atom. The highest BCUT2D eigenvalue weighted by Gasteiger charge is 2.25. The van der Waals surface area contributed by atoms with Crippen molar-refractivity contribution in [1.82, 2.24) is 9.97 Å². The molecule has 1 aromatic heterocycles. The van der Waals surface area contributed by atoms with Crippen LogP contribution in [0.1, 0.15) is 40.4 Å². The van der Waals surface area contributed by atoms with Crippen LogP contribution < -0.4 is 16.4 Å². The zero-order chi connectivity index (χ0) is 15.6. The summed E-state index contributed by atoms with van der Waals surface area (Å²) in [5.41, 5.74) is 4.58. The van der Waals surface area contributed by atoms with Gasteiger partial charge in [-0.1, -0.05) is 20.8 Å². The second-order valence-corrected chi connectivity index (χ2v) is 6.56. The fourth-order valence-corrected chi connectivity index (χ4v) is 1.40. The fourth-order valence-electron chi connectivity index (χ4n) is 1.40. The van der Waals surface area contributed by atoms with Crippen LogP contribution in [0.25, 0.3) is 0 Å². The van der Waals surface area contributed by atoms with Crippen molar-refractivity contribution < 1.29 is 4.79 Å². The van der Waals surface area contributed by atoms with E-state index in [0.29, 0.717) is 12.4 Å². The third-order valence-electron chi connectivity index (χ3n) is 3.03. The molecule has 6 nitrogen and oxygen atoms in total. The van der Waals surface area contributed by atoms with E-state index in [1.54, 1.807) is 13.8 Å². The van der Waals surface area contributed by atoms with Gasteiger partial charge in [0.1, 0.15) is 17.5 Å². The van der Waals surface area contributed by atoms with Gasteiger partial charge in [-0.3, -0.25) is 4.79 Å². The highest BCUT2D eigenvalue weighted by Crippen LogP contribution is 2.23. The molecule has 0 radical (unpaired) electrons. The van der Waals surface area contributed by atoms with Gasteiger partial charge >= 0.3 is 0 Å². The number of nitrogens with two attached hydrogens (primary N) is 1. The normalized spacial score (nSPS) is 12.1. The van der Waals surface area contributed by atoms with Crippen LogP contribution in [0.5, 0.6) is 0 Å². The molecule has 1 heterocycles. The largest absolute Gasteiger partial charge is 0.373 e. The first-order valence-corrected chi connectivity index (χ1v) is 6.67. The molecular weight excluding hydrogens is 254 g/mol. The van der Waals surface area contributed by atoms with Gasteiger partial charge in [0.05, 0.1) is 5.41 Å². The molecule has 1 aromatic rings. The minimum atomic E-state index is -0.632. The zero-order valence-corrected chi connectivity index (χ0v) is 13.2. The SMILES string of the molecule is CNc1cc(NCC(C)(C)C(N)=O)nc(C(C)(C)C)n1. The Balaban J connectivity index is 2.98. The Kier molecular flexibility index (Phi) is 4.57. The molecule has 1 rings (SSSR count). The average molecular weight is 279 g/mol. The minimum absolute atomic E-state index is 0.150. The summed E-state index contributed by atoms with van der Waals surface area (Å²) in [7, 11) is 1.81. The van der Waals surface area contributed by atoms with Crippen LogP contribution in [0.2, 0.25) is 0 Å². The van der Waals surface area contributed by atoms with Gasteiger partial charge in [0.15, 0.2) is 0 Å². The van der Waals surface area contributed by atoms with Crippen LogP contribution in [0.4, 0.5) is 11.6 Å². The molecule has 1 amide bonds. The molecular formula is C14H25N5O. The summed E-state index contributed by atoms with van der Waals surface area (Å²) in [5.74, 6) is 1.82. The molecule has 20 heavy (non-hydrogen) atoms. The molecule has 112 valence electrons. The second-order valence-electron chi connectivity index (χ2n) is 6.56. The van der Waals surface area contributed by atoms with Crippen molar-refractivity contribution in [3.8, 4) is 0 Å². The molecule has 0 unspecified atom stereocenters. The lowest BCUT2D eigenvalue weighted by Gasteiger charge is -2.23. The number of hydrogen-bond donors (Lipinski definition) is 3. The van der Waals surface area contributed by atoms with E-state index < -0.39 is 5.41 Å². The number of carbonyl (C=O) groups excluding carboxylic acids is 1. The molecule has 0 saturated carbocycles. The maximum Gasteiger partial charge on any atom is 0.224 e. The third-order valence-corrected chi connectivity index (χ3v) is 3.03. The van der Waals surface area contributed by atoms with Gasteiger partial charge in [0.25, 0.3) is 0 Å². The first-order valence-electron chi connectivity index (χ1n) is 6.67. The first-order chi connectivity index (χ1) is 9.06. The van der Waals surface area contributed by atoms with Gasteiger partial charge in [-0.25, -0.2) is 9.97 Å². The van der Waals surface area contributed by atoms with E-state index in [1.165, 1.54) is 0 Å². The van der Waals surface area contributed by atoms with E-state index in [9.17, 15) is 4.79 Å². The molecule has 0 fully saturated rings. The van der Waals surface area contributed by atoms with Crippen LogP contribution in [0.15, 0.2) is 6.07 Å². The van der Waals surface area contributed by atoms with Gasteiger partial charge in [-0.2, -0.15) is 0 Å². The topological polar surface area (TPSA) is 92.9 Å². The molecule has 0 aliphatic carbocycles. The molecule has 0 saturated heterocycles. The third kappa shape index (κ3) is 4.08. The highest BCUT2D eigenvalue weighted by atomic mass is 16.1. The van der Waals surface area contributed by atoms with Crippen LogP contribution in [0, 0.1) is 5.41 Å². The van der Waals surface area contributed by atoms with Crippen molar-refractivity contribution in [2.45, 2.75) is 40.0 Å².